The number of methoxy groups -OCH3 is 1. The van der Waals surface area contributed by atoms with E-state index in [0.29, 0.717) is 0 Å². The van der Waals surface area contributed by atoms with Gasteiger partial charge in [0.2, 0.25) is 0 Å². The van der Waals surface area contributed by atoms with Crippen molar-refractivity contribution in [1.29, 1.82) is 0 Å². The van der Waals surface area contributed by atoms with Crippen LogP contribution in [-0.4, -0.2) is 71.0 Å². The largest absolute Gasteiger partial charge is 0.497 e. The molecule has 0 saturated carbocycles. The summed E-state index contributed by atoms with van der Waals surface area (Å²) >= 11 is 5.89. The Bertz CT molecular complexity index is 1130. The maximum Gasteiger partial charge on any atom is 0.170 e. The molecule has 2 fully saturated rings. The Balaban J connectivity index is 1.47. The number of hydrogen-bond donors (Lipinski definition) is 1. The van der Waals surface area contributed by atoms with Crippen LogP contribution in [0.3, 0.4) is 0 Å². The number of thiocarbonyl (C=S) groups is 1. The van der Waals surface area contributed by atoms with Crippen molar-refractivity contribution in [3.8, 4) is 11.4 Å². The summed E-state index contributed by atoms with van der Waals surface area (Å²) in [5.41, 5.74) is 4.47. The van der Waals surface area contributed by atoms with Gasteiger partial charge in [-0.3, -0.25) is 9.88 Å². The van der Waals surface area contributed by atoms with Gasteiger partial charge in [-0.15, -0.1) is 0 Å². The summed E-state index contributed by atoms with van der Waals surface area (Å²) in [5.74, 6) is 0.847. The predicted octanol–water partition coefficient (Wildman–Crippen LogP) is 3.88. The van der Waals surface area contributed by atoms with Gasteiger partial charge in [-0.05, 0) is 74.1 Å². The summed E-state index contributed by atoms with van der Waals surface area (Å²) in [5, 5.41) is 4.38. The summed E-state index contributed by atoms with van der Waals surface area (Å²) < 4.78 is 13.2. The molecule has 4 heterocycles. The molecule has 35 heavy (non-hydrogen) atoms. The molecule has 7 nitrogen and oxygen atoms in total. The fourth-order valence-electron chi connectivity index (χ4n) is 5.13. The van der Waals surface area contributed by atoms with E-state index in [1.807, 2.05) is 30.5 Å². The third-order valence-electron chi connectivity index (χ3n) is 6.91. The van der Waals surface area contributed by atoms with Crippen LogP contribution in [-0.2, 0) is 4.74 Å². The maximum atomic E-state index is 5.89. The number of aryl methyl sites for hydroxylation is 1. The second-order valence-electron chi connectivity index (χ2n) is 9.06. The maximum absolute atomic E-state index is 5.89. The minimum absolute atomic E-state index is 0.0258. The summed E-state index contributed by atoms with van der Waals surface area (Å²) in [7, 11) is 1.69. The number of nitrogens with zero attached hydrogens (tertiary/aromatic N) is 4. The Morgan fingerprint density at radius 1 is 1.06 bits per heavy atom. The van der Waals surface area contributed by atoms with E-state index in [2.05, 4.69) is 56.9 Å². The van der Waals surface area contributed by atoms with E-state index in [1.54, 1.807) is 7.11 Å². The lowest BCUT2D eigenvalue weighted by atomic mass is 10.0. The van der Waals surface area contributed by atoms with Crippen molar-refractivity contribution in [2.75, 3.05) is 46.5 Å². The molecule has 1 aromatic carbocycles. The molecule has 0 aliphatic carbocycles. The predicted molar refractivity (Wildman–Crippen MR) is 141 cm³/mol. The number of morpholine rings is 1. The van der Waals surface area contributed by atoms with Crippen molar-refractivity contribution in [3.63, 3.8) is 0 Å². The smallest absolute Gasteiger partial charge is 0.170 e. The lowest BCUT2D eigenvalue weighted by Gasteiger charge is -2.31. The number of hydrogen-bond acceptors (Lipinski definition) is 5. The highest BCUT2D eigenvalue weighted by Gasteiger charge is 2.41. The van der Waals surface area contributed by atoms with Crippen LogP contribution in [0.1, 0.15) is 35.6 Å². The molecule has 184 valence electrons. The molecule has 0 radical (unpaired) electrons. The average Bonchev–Trinajstić information content (AvgIpc) is 3.44. The Morgan fingerprint density at radius 3 is 2.57 bits per heavy atom. The van der Waals surface area contributed by atoms with Gasteiger partial charge in [-0.25, -0.2) is 0 Å². The Labute approximate surface area is 212 Å². The molecule has 2 saturated heterocycles. The summed E-state index contributed by atoms with van der Waals surface area (Å²) in [6.07, 6.45) is 2.89. The second-order valence-corrected chi connectivity index (χ2v) is 9.45. The van der Waals surface area contributed by atoms with Gasteiger partial charge in [-0.2, -0.15) is 0 Å². The van der Waals surface area contributed by atoms with Crippen LogP contribution in [0.5, 0.6) is 5.75 Å². The van der Waals surface area contributed by atoms with Gasteiger partial charge in [0.05, 0.1) is 38.1 Å². The van der Waals surface area contributed by atoms with Crippen LogP contribution < -0.4 is 10.1 Å². The topological polar surface area (TPSA) is 54.8 Å². The lowest BCUT2D eigenvalue weighted by molar-refractivity contribution is 0.0365. The Kier molecular flexibility index (Phi) is 7.32. The molecule has 2 aromatic heterocycles. The van der Waals surface area contributed by atoms with E-state index >= 15 is 0 Å². The number of rotatable bonds is 8. The Morgan fingerprint density at radius 2 is 1.86 bits per heavy atom. The molecular formula is C27H33N5O2S. The van der Waals surface area contributed by atoms with Crippen LogP contribution in [0.15, 0.2) is 60.8 Å². The fraction of sp³-hybridized carbons (Fsp3) is 0.407. The second kappa shape index (κ2) is 10.8. The molecule has 8 heteroatoms. The molecule has 0 spiro atoms. The van der Waals surface area contributed by atoms with E-state index in [0.717, 1.165) is 68.1 Å². The van der Waals surface area contributed by atoms with Gasteiger partial charge < -0.3 is 24.3 Å². The zero-order valence-corrected chi connectivity index (χ0v) is 21.2. The van der Waals surface area contributed by atoms with Gasteiger partial charge >= 0.3 is 0 Å². The minimum atomic E-state index is -0.0293. The quantitative estimate of drug-likeness (QED) is 0.480. The average molecular weight is 492 g/mol. The van der Waals surface area contributed by atoms with Crippen molar-refractivity contribution in [1.82, 2.24) is 24.7 Å². The molecule has 5 rings (SSSR count). The highest BCUT2D eigenvalue weighted by molar-refractivity contribution is 7.80. The minimum Gasteiger partial charge on any atom is -0.497 e. The van der Waals surface area contributed by atoms with E-state index < -0.39 is 0 Å². The first-order valence-electron chi connectivity index (χ1n) is 12.3. The first-order valence-corrected chi connectivity index (χ1v) is 12.7. The molecule has 2 unspecified atom stereocenters. The highest BCUT2D eigenvalue weighted by Crippen LogP contribution is 2.40. The van der Waals surface area contributed by atoms with Crippen molar-refractivity contribution in [2.24, 2.45) is 0 Å². The van der Waals surface area contributed by atoms with Gasteiger partial charge in [0, 0.05) is 49.5 Å². The van der Waals surface area contributed by atoms with Crippen molar-refractivity contribution in [2.45, 2.75) is 25.4 Å². The summed E-state index contributed by atoms with van der Waals surface area (Å²) in [6.45, 7) is 7.72. The lowest BCUT2D eigenvalue weighted by Crippen LogP contribution is -2.39. The van der Waals surface area contributed by atoms with Crippen molar-refractivity contribution >= 4 is 17.3 Å². The van der Waals surface area contributed by atoms with Gasteiger partial charge in [-0.1, -0.05) is 6.07 Å². The summed E-state index contributed by atoms with van der Waals surface area (Å²) in [6, 6.07) is 18.7. The van der Waals surface area contributed by atoms with E-state index in [9.17, 15) is 0 Å². The van der Waals surface area contributed by atoms with Crippen molar-refractivity contribution < 1.29 is 9.47 Å². The van der Waals surface area contributed by atoms with Crippen molar-refractivity contribution in [3.05, 3.63) is 77.9 Å². The number of ether oxygens (including phenoxy) is 2. The van der Waals surface area contributed by atoms with Gasteiger partial charge in [0.1, 0.15) is 5.75 Å². The zero-order chi connectivity index (χ0) is 24.2. The molecule has 3 aromatic rings. The standard InChI is InChI=1S/C27H33N5O2S/c1-20-7-12-24(32(20)21-8-10-22(33-2)11-9-21)26-25(23-6-3-4-13-28-23)29-27(35)31(26)15-5-14-30-16-18-34-19-17-30/h3-4,6-13,25-26H,5,14-19H2,1-2H3,(H,29,35). The molecule has 2 atom stereocenters. The molecule has 0 bridgehead atoms. The number of aromatic nitrogens is 2. The summed E-state index contributed by atoms with van der Waals surface area (Å²) in [4.78, 5) is 9.52. The number of pyridine rings is 1. The monoisotopic (exact) mass is 491 g/mol. The highest BCUT2D eigenvalue weighted by atomic mass is 32.1. The van der Waals surface area contributed by atoms with E-state index in [1.165, 1.54) is 11.4 Å². The molecule has 2 aliphatic rings. The van der Waals surface area contributed by atoms with Crippen LogP contribution >= 0.6 is 12.2 Å². The van der Waals surface area contributed by atoms with Gasteiger partial charge in [0.15, 0.2) is 5.11 Å². The molecule has 0 amide bonds. The first-order chi connectivity index (χ1) is 17.2. The fourth-order valence-corrected chi connectivity index (χ4v) is 5.46. The molecular weight excluding hydrogens is 458 g/mol. The Hall–Kier alpha value is -2.94. The van der Waals surface area contributed by atoms with Crippen LogP contribution in [0.4, 0.5) is 0 Å². The third kappa shape index (κ3) is 5.05. The first kappa shape index (κ1) is 23.8. The SMILES string of the molecule is COc1ccc(-n2c(C)ccc2C2C(c3ccccn3)NC(=S)N2CCCN2CCOCC2)cc1. The molecule has 1 N–H and O–H groups in total. The van der Waals surface area contributed by atoms with E-state index in [-0.39, 0.29) is 12.1 Å². The van der Waals surface area contributed by atoms with Crippen LogP contribution in [0.25, 0.3) is 5.69 Å². The van der Waals surface area contributed by atoms with Crippen LogP contribution in [0, 0.1) is 6.92 Å². The van der Waals surface area contributed by atoms with Crippen LogP contribution in [0.2, 0.25) is 0 Å². The van der Waals surface area contributed by atoms with E-state index in [4.69, 9.17) is 26.7 Å². The number of nitrogens with one attached hydrogen (secondary N) is 1. The van der Waals surface area contributed by atoms with Gasteiger partial charge in [0.25, 0.3) is 0 Å². The normalized spacial score (nSPS) is 20.7. The molecule has 2 aliphatic heterocycles. The zero-order valence-electron chi connectivity index (χ0n) is 20.4. The third-order valence-corrected chi connectivity index (χ3v) is 7.27. The number of benzene rings is 1.